The molecule has 0 heterocycles. The third kappa shape index (κ3) is 2.80. The van der Waals surface area contributed by atoms with Crippen LogP contribution in [0.25, 0.3) is 11.1 Å². The van der Waals surface area contributed by atoms with Gasteiger partial charge in [0.05, 0.1) is 17.7 Å². The first kappa shape index (κ1) is 12.8. The molecule has 0 N–H and O–H groups in total. The van der Waals surface area contributed by atoms with Gasteiger partial charge in [0.15, 0.2) is 0 Å². The van der Waals surface area contributed by atoms with Gasteiger partial charge in [0.1, 0.15) is 6.07 Å². The van der Waals surface area contributed by atoms with Gasteiger partial charge in [-0.3, -0.25) is 0 Å². The van der Waals surface area contributed by atoms with E-state index in [1.54, 1.807) is 19.1 Å². The lowest BCUT2D eigenvalue weighted by molar-refractivity contribution is 0.0526. The molecule has 2 rings (SSSR count). The smallest absolute Gasteiger partial charge is 0.339 e. The molecule has 0 saturated heterocycles. The number of hydrogen-bond donors (Lipinski definition) is 0. The van der Waals surface area contributed by atoms with Crippen molar-refractivity contribution in [2.75, 3.05) is 6.61 Å². The molecule has 94 valence electrons. The molecule has 0 bridgehead atoms. The summed E-state index contributed by atoms with van der Waals surface area (Å²) >= 11 is 0. The average molecular weight is 251 g/mol. The number of rotatable bonds is 3. The van der Waals surface area contributed by atoms with Crippen molar-refractivity contribution in [3.63, 3.8) is 0 Å². The van der Waals surface area contributed by atoms with Gasteiger partial charge < -0.3 is 4.74 Å². The molecule has 0 amide bonds. The second kappa shape index (κ2) is 5.83. The summed E-state index contributed by atoms with van der Waals surface area (Å²) in [6.45, 7) is 2.03. The molecule has 3 nitrogen and oxygen atoms in total. The van der Waals surface area contributed by atoms with Crippen LogP contribution in [-0.4, -0.2) is 12.6 Å². The first-order valence-corrected chi connectivity index (χ1v) is 6.03. The van der Waals surface area contributed by atoms with Gasteiger partial charge in [0.25, 0.3) is 0 Å². The number of nitrogens with zero attached hydrogens (tertiary/aromatic N) is 1. The highest BCUT2D eigenvalue weighted by Crippen LogP contribution is 2.22. The maximum Gasteiger partial charge on any atom is 0.339 e. The monoisotopic (exact) mass is 251 g/mol. The van der Waals surface area contributed by atoms with Crippen molar-refractivity contribution >= 4 is 5.97 Å². The van der Waals surface area contributed by atoms with E-state index in [0.717, 1.165) is 11.1 Å². The quantitative estimate of drug-likeness (QED) is 0.785. The summed E-state index contributed by atoms with van der Waals surface area (Å²) in [4.78, 5) is 11.8. The number of hydrogen-bond acceptors (Lipinski definition) is 3. The second-order valence-corrected chi connectivity index (χ2v) is 3.96. The number of benzene rings is 2. The molecule has 2 aromatic carbocycles. The summed E-state index contributed by atoms with van der Waals surface area (Å²) in [5.41, 5.74) is 2.53. The maximum atomic E-state index is 11.8. The summed E-state index contributed by atoms with van der Waals surface area (Å²) in [6.07, 6.45) is 0. The van der Waals surface area contributed by atoms with Crippen molar-refractivity contribution in [3.05, 3.63) is 59.7 Å². The summed E-state index contributed by atoms with van der Waals surface area (Å²) in [6, 6.07) is 16.9. The number of carbonyl (C=O) groups excluding carboxylic acids is 1. The fourth-order valence-electron chi connectivity index (χ4n) is 1.83. The number of carbonyl (C=O) groups is 1. The largest absolute Gasteiger partial charge is 0.462 e. The standard InChI is InChI=1S/C16H13NO2/c1-2-19-16(18)15-10-13(8-9-14(15)11-17)12-6-4-3-5-7-12/h3-10H,2H2,1H3. The van der Waals surface area contributed by atoms with Crippen LogP contribution in [0.4, 0.5) is 0 Å². The van der Waals surface area contributed by atoms with E-state index >= 15 is 0 Å². The number of esters is 1. The maximum absolute atomic E-state index is 11.8. The van der Waals surface area contributed by atoms with E-state index in [1.165, 1.54) is 0 Å². The van der Waals surface area contributed by atoms with Crippen LogP contribution in [0.1, 0.15) is 22.8 Å². The molecule has 0 fully saturated rings. The molecule has 0 aliphatic heterocycles. The molecule has 0 aliphatic carbocycles. The van der Waals surface area contributed by atoms with Crippen molar-refractivity contribution in [2.24, 2.45) is 0 Å². The Kier molecular flexibility index (Phi) is 3.94. The second-order valence-electron chi connectivity index (χ2n) is 3.96. The summed E-state index contributed by atoms with van der Waals surface area (Å²) in [7, 11) is 0. The highest BCUT2D eigenvalue weighted by molar-refractivity contribution is 5.93. The minimum Gasteiger partial charge on any atom is -0.462 e. The molecule has 0 spiro atoms. The predicted octanol–water partition coefficient (Wildman–Crippen LogP) is 3.40. The van der Waals surface area contributed by atoms with Crippen LogP contribution in [-0.2, 0) is 4.74 Å². The fourth-order valence-corrected chi connectivity index (χ4v) is 1.83. The molecule has 2 aromatic rings. The summed E-state index contributed by atoms with van der Waals surface area (Å²) in [5.74, 6) is -0.461. The van der Waals surface area contributed by atoms with Crippen molar-refractivity contribution in [2.45, 2.75) is 6.92 Å². The van der Waals surface area contributed by atoms with Gasteiger partial charge >= 0.3 is 5.97 Å². The van der Waals surface area contributed by atoms with Gasteiger partial charge in [-0.1, -0.05) is 36.4 Å². The van der Waals surface area contributed by atoms with E-state index < -0.39 is 5.97 Å². The van der Waals surface area contributed by atoms with E-state index in [9.17, 15) is 4.79 Å². The van der Waals surface area contributed by atoms with Crippen LogP contribution >= 0.6 is 0 Å². The average Bonchev–Trinajstić information content (AvgIpc) is 2.47. The SMILES string of the molecule is CCOC(=O)c1cc(-c2ccccc2)ccc1C#N. The normalized spacial score (nSPS) is 9.68. The van der Waals surface area contributed by atoms with E-state index in [1.807, 2.05) is 42.5 Å². The van der Waals surface area contributed by atoms with Crippen LogP contribution in [0.5, 0.6) is 0 Å². The number of ether oxygens (including phenoxy) is 1. The van der Waals surface area contributed by atoms with E-state index in [0.29, 0.717) is 17.7 Å². The van der Waals surface area contributed by atoms with E-state index in [2.05, 4.69) is 0 Å². The number of nitriles is 1. The highest BCUT2D eigenvalue weighted by Gasteiger charge is 2.13. The summed E-state index contributed by atoms with van der Waals surface area (Å²) < 4.78 is 4.97. The van der Waals surface area contributed by atoms with Gasteiger partial charge in [-0.2, -0.15) is 5.26 Å². The van der Waals surface area contributed by atoms with Crippen LogP contribution < -0.4 is 0 Å². The van der Waals surface area contributed by atoms with Gasteiger partial charge in [-0.15, -0.1) is 0 Å². The molecule has 3 heteroatoms. The van der Waals surface area contributed by atoms with Gasteiger partial charge in [0.2, 0.25) is 0 Å². The van der Waals surface area contributed by atoms with Crippen LogP contribution in [0.3, 0.4) is 0 Å². The van der Waals surface area contributed by atoms with Crippen molar-refractivity contribution in [1.29, 1.82) is 5.26 Å². The molecule has 0 unspecified atom stereocenters. The topological polar surface area (TPSA) is 50.1 Å². The Hall–Kier alpha value is -2.60. The predicted molar refractivity (Wildman–Crippen MR) is 72.5 cm³/mol. The minimum absolute atomic E-state index is 0.291. The van der Waals surface area contributed by atoms with Crippen molar-refractivity contribution in [3.8, 4) is 17.2 Å². The van der Waals surface area contributed by atoms with Crippen LogP contribution in [0, 0.1) is 11.3 Å². The first-order valence-electron chi connectivity index (χ1n) is 6.03. The zero-order valence-corrected chi connectivity index (χ0v) is 10.6. The van der Waals surface area contributed by atoms with Gasteiger partial charge in [0, 0.05) is 0 Å². The molecular weight excluding hydrogens is 238 g/mol. The summed E-state index contributed by atoms with van der Waals surface area (Å²) in [5, 5.41) is 9.04. The van der Waals surface area contributed by atoms with Gasteiger partial charge in [-0.25, -0.2) is 4.79 Å². The molecule has 19 heavy (non-hydrogen) atoms. The molecule has 0 radical (unpaired) electrons. The lowest BCUT2D eigenvalue weighted by Crippen LogP contribution is -2.07. The van der Waals surface area contributed by atoms with Crippen LogP contribution in [0.2, 0.25) is 0 Å². The Balaban J connectivity index is 2.48. The Labute approximate surface area is 112 Å². The molecule has 0 saturated carbocycles. The fraction of sp³-hybridized carbons (Fsp3) is 0.125. The Morgan fingerprint density at radius 2 is 1.89 bits per heavy atom. The third-order valence-electron chi connectivity index (χ3n) is 2.74. The molecule has 0 atom stereocenters. The Bertz CT molecular complexity index is 627. The zero-order chi connectivity index (χ0) is 13.7. The Morgan fingerprint density at radius 1 is 1.16 bits per heavy atom. The third-order valence-corrected chi connectivity index (χ3v) is 2.74. The highest BCUT2D eigenvalue weighted by atomic mass is 16.5. The lowest BCUT2D eigenvalue weighted by atomic mass is 10.00. The van der Waals surface area contributed by atoms with E-state index in [4.69, 9.17) is 10.00 Å². The zero-order valence-electron chi connectivity index (χ0n) is 10.6. The van der Waals surface area contributed by atoms with Crippen molar-refractivity contribution in [1.82, 2.24) is 0 Å². The van der Waals surface area contributed by atoms with Crippen molar-refractivity contribution < 1.29 is 9.53 Å². The molecule has 0 aromatic heterocycles. The van der Waals surface area contributed by atoms with Crippen LogP contribution in [0.15, 0.2) is 48.5 Å². The molecule has 0 aliphatic rings. The van der Waals surface area contributed by atoms with E-state index in [-0.39, 0.29) is 0 Å². The first-order chi connectivity index (χ1) is 9.26. The minimum atomic E-state index is -0.461. The Morgan fingerprint density at radius 3 is 2.53 bits per heavy atom. The molecular formula is C16H13NO2. The lowest BCUT2D eigenvalue weighted by Gasteiger charge is -2.07. The van der Waals surface area contributed by atoms with Gasteiger partial charge in [-0.05, 0) is 30.2 Å².